The Labute approximate surface area is 124 Å². The summed E-state index contributed by atoms with van der Waals surface area (Å²) >= 11 is 9.27. The number of hydrogen-bond acceptors (Lipinski definition) is 3. The molecule has 1 aromatic carbocycles. The Bertz CT molecular complexity index is 521. The van der Waals surface area contributed by atoms with E-state index in [2.05, 4.69) is 21.2 Å². The highest BCUT2D eigenvalue weighted by molar-refractivity contribution is 9.10. The zero-order valence-corrected chi connectivity index (χ0v) is 12.8. The molecule has 0 radical (unpaired) electrons. The highest BCUT2D eigenvalue weighted by atomic mass is 79.9. The molecule has 6 heteroatoms. The van der Waals surface area contributed by atoms with Gasteiger partial charge in [-0.2, -0.15) is 0 Å². The Morgan fingerprint density at radius 2 is 2.21 bits per heavy atom. The maximum atomic E-state index is 12.1. The number of halogens is 2. The van der Waals surface area contributed by atoms with Crippen LogP contribution in [0.15, 0.2) is 10.5 Å². The van der Waals surface area contributed by atoms with Gasteiger partial charge in [0.05, 0.1) is 22.7 Å². The van der Waals surface area contributed by atoms with E-state index in [1.54, 1.807) is 6.92 Å². The Hall–Kier alpha value is -0.780. The van der Waals surface area contributed by atoms with Crippen LogP contribution in [0.5, 0.6) is 5.75 Å². The number of rotatable bonds is 2. The molecule has 1 aromatic rings. The van der Waals surface area contributed by atoms with Crippen molar-refractivity contribution in [3.8, 4) is 5.75 Å². The number of carbonyl (C=O) groups excluding carboxylic acids is 1. The molecule has 0 aromatic heterocycles. The van der Waals surface area contributed by atoms with Crippen LogP contribution in [0.25, 0.3) is 0 Å². The van der Waals surface area contributed by atoms with Crippen molar-refractivity contribution in [3.05, 3.63) is 26.7 Å². The first-order valence-corrected chi connectivity index (χ1v) is 7.25. The summed E-state index contributed by atoms with van der Waals surface area (Å²) < 4.78 is 0.660. The number of carbonyl (C=O) groups is 1. The highest BCUT2D eigenvalue weighted by Crippen LogP contribution is 2.35. The Morgan fingerprint density at radius 1 is 1.53 bits per heavy atom. The molecule has 1 saturated carbocycles. The third kappa shape index (κ3) is 2.88. The summed E-state index contributed by atoms with van der Waals surface area (Å²) in [4.78, 5) is 12.1. The number of amides is 1. The Kier molecular flexibility index (Phi) is 4.38. The van der Waals surface area contributed by atoms with E-state index in [0.29, 0.717) is 16.5 Å². The highest BCUT2D eigenvalue weighted by Gasteiger charge is 2.28. The second-order valence-corrected chi connectivity index (χ2v) is 6.00. The van der Waals surface area contributed by atoms with E-state index in [9.17, 15) is 15.0 Å². The molecule has 1 fully saturated rings. The smallest absolute Gasteiger partial charge is 0.255 e. The minimum Gasteiger partial charge on any atom is -0.506 e. The van der Waals surface area contributed by atoms with Gasteiger partial charge in [-0.3, -0.25) is 4.79 Å². The lowest BCUT2D eigenvalue weighted by molar-refractivity contribution is 0.0870. The number of benzene rings is 1. The largest absolute Gasteiger partial charge is 0.506 e. The van der Waals surface area contributed by atoms with Gasteiger partial charge in [0, 0.05) is 4.47 Å². The molecule has 0 heterocycles. The van der Waals surface area contributed by atoms with E-state index in [0.717, 1.165) is 12.8 Å². The predicted molar refractivity (Wildman–Crippen MR) is 76.7 cm³/mol. The second kappa shape index (κ2) is 5.69. The van der Waals surface area contributed by atoms with Crippen LogP contribution < -0.4 is 5.32 Å². The molecule has 3 N–H and O–H groups in total. The van der Waals surface area contributed by atoms with Crippen LogP contribution >= 0.6 is 27.5 Å². The summed E-state index contributed by atoms with van der Waals surface area (Å²) in [6.07, 6.45) is 1.80. The number of aliphatic hydroxyl groups excluding tert-OH is 1. The first kappa shape index (κ1) is 14.6. The Morgan fingerprint density at radius 3 is 2.79 bits per heavy atom. The molecule has 104 valence electrons. The van der Waals surface area contributed by atoms with Gasteiger partial charge in [-0.05, 0) is 37.8 Å². The second-order valence-electron chi connectivity index (χ2n) is 4.77. The number of aliphatic hydroxyl groups is 1. The van der Waals surface area contributed by atoms with Crippen molar-refractivity contribution >= 4 is 33.4 Å². The number of phenolic OH excluding ortho intramolecular Hbond substituents is 1. The van der Waals surface area contributed by atoms with E-state index >= 15 is 0 Å². The van der Waals surface area contributed by atoms with Gasteiger partial charge in [0.1, 0.15) is 5.75 Å². The van der Waals surface area contributed by atoms with Crippen LogP contribution in [0, 0.1) is 6.92 Å². The summed E-state index contributed by atoms with van der Waals surface area (Å²) in [5.41, 5.74) is 0.790. The zero-order chi connectivity index (χ0) is 14.2. The van der Waals surface area contributed by atoms with Crippen molar-refractivity contribution < 1.29 is 15.0 Å². The third-order valence-electron chi connectivity index (χ3n) is 3.46. The molecular formula is C13H15BrClNO3. The topological polar surface area (TPSA) is 69.6 Å². The van der Waals surface area contributed by atoms with Gasteiger partial charge in [0.15, 0.2) is 0 Å². The standard InChI is InChI=1S/C13H15BrClNO3/c1-6-8(14)5-7(12(18)11(6)15)13(19)16-9-3-2-4-10(9)17/h5,9-10,17-18H,2-4H2,1H3,(H,16,19). The van der Waals surface area contributed by atoms with Crippen molar-refractivity contribution in [1.29, 1.82) is 0 Å². The van der Waals surface area contributed by atoms with Gasteiger partial charge >= 0.3 is 0 Å². The summed E-state index contributed by atoms with van der Waals surface area (Å²) in [5.74, 6) is -0.654. The van der Waals surface area contributed by atoms with E-state index in [1.165, 1.54) is 6.07 Å². The fraction of sp³-hybridized carbons (Fsp3) is 0.462. The van der Waals surface area contributed by atoms with Crippen molar-refractivity contribution in [2.24, 2.45) is 0 Å². The normalized spacial score (nSPS) is 22.5. The molecule has 1 amide bonds. The van der Waals surface area contributed by atoms with Crippen LogP contribution in [0.3, 0.4) is 0 Å². The molecule has 1 aliphatic rings. The van der Waals surface area contributed by atoms with E-state index in [-0.39, 0.29) is 22.4 Å². The average molecular weight is 349 g/mol. The molecule has 4 nitrogen and oxygen atoms in total. The Balaban J connectivity index is 2.24. The molecule has 2 atom stereocenters. The van der Waals surface area contributed by atoms with Gasteiger partial charge in [-0.1, -0.05) is 27.5 Å². The fourth-order valence-corrected chi connectivity index (χ4v) is 2.98. The lowest BCUT2D eigenvalue weighted by atomic mass is 10.1. The van der Waals surface area contributed by atoms with E-state index < -0.39 is 12.0 Å². The molecule has 2 rings (SSSR count). The number of nitrogens with one attached hydrogen (secondary N) is 1. The van der Waals surface area contributed by atoms with Gasteiger partial charge in [-0.15, -0.1) is 0 Å². The van der Waals surface area contributed by atoms with Crippen molar-refractivity contribution in [2.45, 2.75) is 38.3 Å². The van der Waals surface area contributed by atoms with Gasteiger partial charge in [-0.25, -0.2) is 0 Å². The molecule has 19 heavy (non-hydrogen) atoms. The molecule has 0 saturated heterocycles. The molecule has 0 spiro atoms. The van der Waals surface area contributed by atoms with Crippen molar-refractivity contribution in [3.63, 3.8) is 0 Å². The van der Waals surface area contributed by atoms with Crippen LogP contribution in [0.2, 0.25) is 5.02 Å². The average Bonchev–Trinajstić information content (AvgIpc) is 2.77. The molecule has 0 bridgehead atoms. The van der Waals surface area contributed by atoms with Crippen molar-refractivity contribution in [1.82, 2.24) is 5.32 Å². The van der Waals surface area contributed by atoms with Gasteiger partial charge in [0.2, 0.25) is 0 Å². The number of phenols is 1. The van der Waals surface area contributed by atoms with Crippen LogP contribution in [0.4, 0.5) is 0 Å². The van der Waals surface area contributed by atoms with E-state index in [4.69, 9.17) is 11.6 Å². The number of aromatic hydroxyl groups is 1. The summed E-state index contributed by atoms with van der Waals surface area (Å²) in [6.45, 7) is 1.74. The molecule has 1 aliphatic carbocycles. The SMILES string of the molecule is Cc1c(Br)cc(C(=O)NC2CCCC2O)c(O)c1Cl. The first-order valence-electron chi connectivity index (χ1n) is 6.08. The maximum Gasteiger partial charge on any atom is 0.255 e. The summed E-state index contributed by atoms with van der Waals surface area (Å²) in [6, 6.07) is 1.28. The van der Waals surface area contributed by atoms with Gasteiger partial charge in [0.25, 0.3) is 5.91 Å². The quantitative estimate of drug-likeness (QED) is 0.770. The van der Waals surface area contributed by atoms with Gasteiger partial charge < -0.3 is 15.5 Å². The molecular weight excluding hydrogens is 334 g/mol. The lowest BCUT2D eigenvalue weighted by Crippen LogP contribution is -2.39. The monoisotopic (exact) mass is 347 g/mol. The summed E-state index contributed by atoms with van der Waals surface area (Å²) in [7, 11) is 0. The molecule has 2 unspecified atom stereocenters. The lowest BCUT2D eigenvalue weighted by Gasteiger charge is -2.17. The van der Waals surface area contributed by atoms with E-state index in [1.807, 2.05) is 0 Å². The first-order chi connectivity index (χ1) is 8.91. The minimum atomic E-state index is -0.518. The minimum absolute atomic E-state index is 0.113. The predicted octanol–water partition coefficient (Wildman–Crippen LogP) is 2.76. The zero-order valence-electron chi connectivity index (χ0n) is 10.4. The van der Waals surface area contributed by atoms with Crippen molar-refractivity contribution in [2.75, 3.05) is 0 Å². The fourth-order valence-electron chi connectivity index (χ4n) is 2.23. The summed E-state index contributed by atoms with van der Waals surface area (Å²) in [5, 5.41) is 22.5. The number of hydrogen-bond donors (Lipinski definition) is 3. The third-order valence-corrected chi connectivity index (χ3v) is 4.75. The molecule has 0 aliphatic heterocycles. The van der Waals surface area contributed by atoms with Crippen LogP contribution in [-0.4, -0.2) is 28.3 Å². The van der Waals surface area contributed by atoms with Crippen LogP contribution in [0.1, 0.15) is 35.2 Å². The maximum absolute atomic E-state index is 12.1. The van der Waals surface area contributed by atoms with Crippen LogP contribution in [-0.2, 0) is 0 Å².